The number of hydrogen-bond donors (Lipinski definition) is 0. The normalized spacial score (nSPS) is 17.8. The lowest BCUT2D eigenvalue weighted by Gasteiger charge is -2.28. The van der Waals surface area contributed by atoms with Gasteiger partial charge in [-0.3, -0.25) is 0 Å². The summed E-state index contributed by atoms with van der Waals surface area (Å²) in [6.07, 6.45) is 6.63. The molecule has 1 fully saturated rings. The molecule has 0 heterocycles. The van der Waals surface area contributed by atoms with Crippen LogP contribution in [-0.4, -0.2) is 13.1 Å². The van der Waals surface area contributed by atoms with Crippen molar-refractivity contribution in [3.63, 3.8) is 0 Å². The summed E-state index contributed by atoms with van der Waals surface area (Å²) in [6, 6.07) is 29.0. The topological polar surface area (TPSA) is 52.7 Å². The Morgan fingerprint density at radius 2 is 1.10 bits per heavy atom. The van der Waals surface area contributed by atoms with E-state index in [1.54, 1.807) is 0 Å². The van der Waals surface area contributed by atoms with E-state index in [4.69, 9.17) is 0 Å². The maximum absolute atomic E-state index is 4.62. The molecule has 4 aromatic carbocycles. The Bertz CT molecular complexity index is 1410. The van der Waals surface area contributed by atoms with Crippen LogP contribution in [0, 0.1) is 5.92 Å². The van der Waals surface area contributed by atoms with Crippen LogP contribution in [0.2, 0.25) is 0 Å². The summed E-state index contributed by atoms with van der Waals surface area (Å²) >= 11 is 0. The molecule has 5 rings (SSSR count). The largest absolute Gasteiger partial charge is 0.372 e. The highest BCUT2D eigenvalue weighted by Crippen LogP contribution is 2.38. The average molecular weight is 518 g/mol. The molecule has 1 saturated carbocycles. The molecule has 0 unspecified atom stereocenters. The van der Waals surface area contributed by atoms with Gasteiger partial charge in [-0.1, -0.05) is 49.7 Å². The van der Waals surface area contributed by atoms with Crippen LogP contribution in [0.5, 0.6) is 0 Å². The van der Waals surface area contributed by atoms with Gasteiger partial charge in [0.1, 0.15) is 0 Å². The van der Waals surface area contributed by atoms with Gasteiger partial charge in [-0.2, -0.15) is 10.2 Å². The minimum absolute atomic E-state index is 0.685. The summed E-state index contributed by atoms with van der Waals surface area (Å²) in [5.74, 6) is 1.60. The molecule has 4 aromatic rings. The van der Waals surface area contributed by atoms with Gasteiger partial charge in [-0.05, 0) is 105 Å². The first-order valence-electron chi connectivity index (χ1n) is 14.5. The first-order chi connectivity index (χ1) is 19.2. The fraction of sp³-hybridized carbons (Fsp3) is 0.353. The van der Waals surface area contributed by atoms with Crippen molar-refractivity contribution in [1.29, 1.82) is 0 Å². The van der Waals surface area contributed by atoms with Crippen LogP contribution in [0.3, 0.4) is 0 Å². The summed E-state index contributed by atoms with van der Waals surface area (Å²) in [5.41, 5.74) is 6.00. The van der Waals surface area contributed by atoms with E-state index in [1.165, 1.54) is 43.4 Å². The number of hydrogen-bond acceptors (Lipinski definition) is 5. The van der Waals surface area contributed by atoms with E-state index in [0.29, 0.717) is 5.92 Å². The first-order valence-corrected chi connectivity index (χ1v) is 14.5. The molecule has 1 aliphatic carbocycles. The van der Waals surface area contributed by atoms with Gasteiger partial charge in [-0.25, -0.2) is 0 Å². The van der Waals surface area contributed by atoms with Gasteiger partial charge in [0.05, 0.1) is 22.7 Å². The van der Waals surface area contributed by atoms with Crippen molar-refractivity contribution >= 4 is 39.2 Å². The van der Waals surface area contributed by atoms with E-state index in [-0.39, 0.29) is 0 Å². The van der Waals surface area contributed by atoms with Crippen molar-refractivity contribution < 1.29 is 0 Å². The van der Waals surface area contributed by atoms with Crippen molar-refractivity contribution in [3.05, 3.63) is 90.5 Å². The molecule has 1 aliphatic rings. The average Bonchev–Trinajstić information content (AvgIpc) is 3.01. The maximum atomic E-state index is 4.62. The van der Waals surface area contributed by atoms with Crippen molar-refractivity contribution in [2.45, 2.75) is 58.8 Å². The van der Waals surface area contributed by atoms with Crippen molar-refractivity contribution in [1.82, 2.24) is 0 Å². The molecular formula is C34H39N5. The minimum atomic E-state index is 0.685. The van der Waals surface area contributed by atoms with Gasteiger partial charge in [0.2, 0.25) is 0 Å². The summed E-state index contributed by atoms with van der Waals surface area (Å²) < 4.78 is 0. The summed E-state index contributed by atoms with van der Waals surface area (Å²) in [6.45, 7) is 8.62. The Kier molecular flexibility index (Phi) is 8.77. The van der Waals surface area contributed by atoms with Crippen LogP contribution in [0.15, 0.2) is 105 Å². The quantitative estimate of drug-likeness (QED) is 0.204. The summed E-state index contributed by atoms with van der Waals surface area (Å²) in [4.78, 5) is 2.31. The molecule has 0 aromatic heterocycles. The molecule has 0 saturated heterocycles. The Morgan fingerprint density at radius 3 is 1.59 bits per heavy atom. The van der Waals surface area contributed by atoms with E-state index >= 15 is 0 Å². The zero-order valence-electron chi connectivity index (χ0n) is 23.4. The van der Waals surface area contributed by atoms with E-state index in [9.17, 15) is 0 Å². The number of nitrogens with zero attached hydrogens (tertiary/aromatic N) is 5. The second kappa shape index (κ2) is 12.8. The molecule has 0 aliphatic heterocycles. The zero-order chi connectivity index (χ0) is 27.0. The van der Waals surface area contributed by atoms with E-state index in [1.807, 2.05) is 36.4 Å². The first kappa shape index (κ1) is 26.7. The lowest BCUT2D eigenvalue weighted by atomic mass is 9.78. The SMILES string of the molecule is CCC1CCC(c2ccc(N=Nc3ccc(N=Nc4ccc(N(CC)CC)cc4)c4ccccc34)cc2)CC1. The highest BCUT2D eigenvalue weighted by molar-refractivity contribution is 5.99. The molecule has 0 N–H and O–H groups in total. The predicted octanol–water partition coefficient (Wildman–Crippen LogP) is 11.2. The zero-order valence-corrected chi connectivity index (χ0v) is 23.4. The summed E-state index contributed by atoms with van der Waals surface area (Å²) in [5, 5.41) is 20.3. The number of benzene rings is 4. The number of anilines is 1. The molecule has 0 radical (unpaired) electrons. The predicted molar refractivity (Wildman–Crippen MR) is 164 cm³/mol. The monoisotopic (exact) mass is 517 g/mol. The van der Waals surface area contributed by atoms with Crippen molar-refractivity contribution in [3.8, 4) is 0 Å². The molecular weight excluding hydrogens is 478 g/mol. The van der Waals surface area contributed by atoms with Crippen LogP contribution in [-0.2, 0) is 0 Å². The smallest absolute Gasteiger partial charge is 0.0936 e. The lowest BCUT2D eigenvalue weighted by molar-refractivity contribution is 0.319. The van der Waals surface area contributed by atoms with Crippen LogP contribution >= 0.6 is 0 Å². The molecule has 0 bridgehead atoms. The van der Waals surface area contributed by atoms with Crippen LogP contribution in [0.4, 0.5) is 28.4 Å². The van der Waals surface area contributed by atoms with Crippen LogP contribution < -0.4 is 4.90 Å². The molecule has 5 nitrogen and oxygen atoms in total. The van der Waals surface area contributed by atoms with Gasteiger partial charge in [0.25, 0.3) is 0 Å². The Balaban J connectivity index is 1.31. The second-order valence-electron chi connectivity index (χ2n) is 10.5. The molecule has 0 spiro atoms. The van der Waals surface area contributed by atoms with Gasteiger partial charge in [0, 0.05) is 29.5 Å². The molecule has 200 valence electrons. The standard InChI is InChI=1S/C34H39N5/c1-4-25-11-13-26(14-12-25)27-15-17-28(18-16-27)35-37-33-23-24-34(32-10-8-7-9-31(32)33)38-36-29-19-21-30(22-20-29)39(5-2)6-3/h7-10,15-26H,4-6,11-14H2,1-3H3. The fourth-order valence-corrected chi connectivity index (χ4v) is 5.70. The third kappa shape index (κ3) is 6.42. The Labute approximate surface area is 232 Å². The van der Waals surface area contributed by atoms with Gasteiger partial charge in [-0.15, -0.1) is 10.2 Å². The van der Waals surface area contributed by atoms with Crippen molar-refractivity contribution in [2.24, 2.45) is 26.4 Å². The van der Waals surface area contributed by atoms with Crippen LogP contribution in [0.25, 0.3) is 10.8 Å². The van der Waals surface area contributed by atoms with E-state index < -0.39 is 0 Å². The second-order valence-corrected chi connectivity index (χ2v) is 10.5. The third-order valence-electron chi connectivity index (χ3n) is 8.19. The third-order valence-corrected chi connectivity index (χ3v) is 8.19. The Hall–Kier alpha value is -3.86. The van der Waals surface area contributed by atoms with Gasteiger partial charge >= 0.3 is 0 Å². The number of fused-ring (bicyclic) bond motifs is 1. The molecule has 39 heavy (non-hydrogen) atoms. The Morgan fingerprint density at radius 1 is 0.590 bits per heavy atom. The van der Waals surface area contributed by atoms with E-state index in [0.717, 1.165) is 52.5 Å². The molecule has 0 atom stereocenters. The highest BCUT2D eigenvalue weighted by Gasteiger charge is 2.21. The lowest BCUT2D eigenvalue weighted by Crippen LogP contribution is -2.21. The van der Waals surface area contributed by atoms with Crippen molar-refractivity contribution in [2.75, 3.05) is 18.0 Å². The van der Waals surface area contributed by atoms with Crippen LogP contribution in [0.1, 0.15) is 64.4 Å². The van der Waals surface area contributed by atoms with E-state index in [2.05, 4.69) is 94.7 Å². The maximum Gasteiger partial charge on any atom is 0.0936 e. The highest BCUT2D eigenvalue weighted by atomic mass is 15.1. The minimum Gasteiger partial charge on any atom is -0.372 e. The fourth-order valence-electron chi connectivity index (χ4n) is 5.70. The van der Waals surface area contributed by atoms with Gasteiger partial charge in [0.15, 0.2) is 0 Å². The summed E-state index contributed by atoms with van der Waals surface area (Å²) in [7, 11) is 0. The molecule has 5 heteroatoms. The molecule has 0 amide bonds. The number of azo groups is 2. The van der Waals surface area contributed by atoms with Gasteiger partial charge < -0.3 is 4.90 Å². The number of rotatable bonds is 9.